The van der Waals surface area contributed by atoms with E-state index in [1.165, 1.54) is 17.6 Å². The van der Waals surface area contributed by atoms with Gasteiger partial charge in [-0.15, -0.1) is 0 Å². The van der Waals surface area contributed by atoms with Gasteiger partial charge in [0.2, 0.25) is 0 Å². The maximum absolute atomic E-state index is 13.7. The van der Waals surface area contributed by atoms with Crippen LogP contribution in [-0.4, -0.2) is 6.11 Å². The first kappa shape index (κ1) is 15.7. The lowest BCUT2D eigenvalue weighted by molar-refractivity contribution is -0.313. The summed E-state index contributed by atoms with van der Waals surface area (Å²) >= 11 is 0. The highest BCUT2D eigenvalue weighted by atomic mass is 19.3. The van der Waals surface area contributed by atoms with Crippen molar-refractivity contribution in [3.63, 3.8) is 0 Å². The van der Waals surface area contributed by atoms with E-state index < -0.39 is 18.1 Å². The van der Waals surface area contributed by atoms with Gasteiger partial charge in [-0.25, -0.2) is 0 Å². The van der Waals surface area contributed by atoms with Crippen LogP contribution in [0.1, 0.15) is 69.1 Å². The molecule has 1 saturated heterocycles. The van der Waals surface area contributed by atoms with Crippen LogP contribution in [0.5, 0.6) is 0 Å². The second kappa shape index (κ2) is 6.11. The Morgan fingerprint density at radius 2 is 1.73 bits per heavy atom. The first-order valence-corrected chi connectivity index (χ1v) is 8.27. The van der Waals surface area contributed by atoms with Gasteiger partial charge < -0.3 is 4.74 Å². The van der Waals surface area contributed by atoms with E-state index in [1.54, 1.807) is 6.92 Å². The number of ether oxygens (including phenoxy) is 1. The normalized spacial score (nSPS) is 31.6. The summed E-state index contributed by atoms with van der Waals surface area (Å²) in [5.74, 6) is -0.133. The Hall–Kier alpha value is -1.22. The van der Waals surface area contributed by atoms with Gasteiger partial charge >= 0.3 is 6.11 Å². The van der Waals surface area contributed by atoms with Gasteiger partial charge in [-0.05, 0) is 56.1 Å². The first-order valence-electron chi connectivity index (χ1n) is 8.27. The van der Waals surface area contributed by atoms with E-state index in [1.807, 2.05) is 12.1 Å². The number of rotatable bonds is 2. The number of allylic oxidation sites excluding steroid dienone is 2. The second-order valence-electron chi connectivity index (χ2n) is 6.84. The molecule has 0 spiro atoms. The summed E-state index contributed by atoms with van der Waals surface area (Å²) in [6.07, 6.45) is 3.42. The third-order valence-corrected chi connectivity index (χ3v) is 5.15. The summed E-state index contributed by atoms with van der Waals surface area (Å²) < 4.78 is 32.5. The predicted molar refractivity (Wildman–Crippen MR) is 84.0 cm³/mol. The molecule has 1 fully saturated rings. The van der Waals surface area contributed by atoms with E-state index in [2.05, 4.69) is 25.1 Å². The molecule has 0 aromatic heterocycles. The lowest BCUT2D eigenvalue weighted by Gasteiger charge is -2.34. The summed E-state index contributed by atoms with van der Waals surface area (Å²) in [6, 6.07) is 8.12. The highest BCUT2D eigenvalue weighted by Crippen LogP contribution is 2.43. The quantitative estimate of drug-likeness (QED) is 0.611. The van der Waals surface area contributed by atoms with Crippen LogP contribution in [0.25, 0.3) is 0 Å². The van der Waals surface area contributed by atoms with Crippen LogP contribution in [-0.2, 0) is 4.74 Å². The zero-order valence-corrected chi connectivity index (χ0v) is 13.3. The van der Waals surface area contributed by atoms with Crippen molar-refractivity contribution in [1.82, 2.24) is 0 Å². The molecule has 3 atom stereocenters. The molecule has 3 unspecified atom stereocenters. The van der Waals surface area contributed by atoms with Crippen molar-refractivity contribution in [3.8, 4) is 0 Å². The zero-order chi connectivity index (χ0) is 15.7. The lowest BCUT2D eigenvalue weighted by atomic mass is 9.84. The van der Waals surface area contributed by atoms with E-state index in [4.69, 9.17) is 4.74 Å². The zero-order valence-electron chi connectivity index (χ0n) is 13.3. The molecule has 0 N–H and O–H groups in total. The van der Waals surface area contributed by atoms with Gasteiger partial charge in [-0.1, -0.05) is 42.8 Å². The number of alkyl halides is 2. The first-order chi connectivity index (χ1) is 10.5. The largest absolute Gasteiger partial charge is 0.358 e. The lowest BCUT2D eigenvalue weighted by Crippen LogP contribution is -2.36. The number of hydrogen-bond acceptors (Lipinski definition) is 1. The van der Waals surface area contributed by atoms with Gasteiger partial charge in [0.25, 0.3) is 0 Å². The predicted octanol–water partition coefficient (Wildman–Crippen LogP) is 5.98. The minimum atomic E-state index is -3.01. The number of hydrogen-bond donors (Lipinski definition) is 0. The maximum atomic E-state index is 13.7. The third-order valence-electron chi connectivity index (χ3n) is 5.15. The molecule has 0 amide bonds. The fraction of sp³-hybridized carbons (Fsp3) is 0.579. The molecule has 22 heavy (non-hydrogen) atoms. The monoisotopic (exact) mass is 306 g/mol. The number of benzene rings is 1. The molecular weight excluding hydrogens is 282 g/mol. The molecule has 1 aromatic carbocycles. The SMILES string of the molecule is CC1=CCC(c2ccc(C3CCC(C)C(F)(F)O3)cc2)CC1. The molecule has 1 aliphatic carbocycles. The highest BCUT2D eigenvalue weighted by Gasteiger charge is 2.44. The third kappa shape index (κ3) is 3.24. The van der Waals surface area contributed by atoms with Crippen LogP contribution in [0.4, 0.5) is 8.78 Å². The van der Waals surface area contributed by atoms with Crippen molar-refractivity contribution in [3.05, 3.63) is 47.0 Å². The van der Waals surface area contributed by atoms with Gasteiger partial charge in [-0.2, -0.15) is 8.78 Å². The summed E-state index contributed by atoms with van der Waals surface area (Å²) in [5, 5.41) is 0. The van der Waals surface area contributed by atoms with Crippen molar-refractivity contribution in [2.75, 3.05) is 0 Å². The average molecular weight is 306 g/mol. The van der Waals surface area contributed by atoms with Crippen molar-refractivity contribution in [1.29, 1.82) is 0 Å². The standard InChI is InChI=1S/C19H24F2O/c1-13-3-6-15(7-4-13)16-8-10-17(11-9-16)18-12-5-14(2)19(20,21)22-18/h3,8-11,14-15,18H,4-7,12H2,1-2H3. The highest BCUT2D eigenvalue weighted by molar-refractivity contribution is 5.28. The van der Waals surface area contributed by atoms with E-state index in [0.717, 1.165) is 18.4 Å². The minimum absolute atomic E-state index is 0.478. The van der Waals surface area contributed by atoms with Crippen molar-refractivity contribution in [2.45, 2.75) is 64.1 Å². The number of halogens is 2. The summed E-state index contributed by atoms with van der Waals surface area (Å²) in [4.78, 5) is 0. The molecule has 1 aromatic rings. The Morgan fingerprint density at radius 3 is 2.32 bits per heavy atom. The smallest absolute Gasteiger partial charge is 0.312 e. The molecule has 2 aliphatic rings. The molecule has 0 saturated carbocycles. The van der Waals surface area contributed by atoms with Crippen LogP contribution in [0.3, 0.4) is 0 Å². The molecule has 1 aliphatic heterocycles. The van der Waals surface area contributed by atoms with Crippen molar-refractivity contribution in [2.24, 2.45) is 5.92 Å². The summed E-state index contributed by atoms with van der Waals surface area (Å²) in [7, 11) is 0. The molecule has 1 nitrogen and oxygen atoms in total. The van der Waals surface area contributed by atoms with Crippen LogP contribution in [0.2, 0.25) is 0 Å². The molecule has 3 rings (SSSR count). The average Bonchev–Trinajstić information content (AvgIpc) is 2.51. The molecule has 120 valence electrons. The van der Waals surface area contributed by atoms with E-state index in [9.17, 15) is 8.78 Å². The van der Waals surface area contributed by atoms with Gasteiger partial charge in [0.05, 0.1) is 6.10 Å². The molecule has 1 heterocycles. The molecular formula is C19H24F2O. The molecule has 0 radical (unpaired) electrons. The van der Waals surface area contributed by atoms with E-state index in [0.29, 0.717) is 18.8 Å². The Kier molecular flexibility index (Phi) is 4.35. The van der Waals surface area contributed by atoms with Gasteiger partial charge in [0, 0.05) is 5.92 Å². The molecule has 3 heteroatoms. The van der Waals surface area contributed by atoms with Gasteiger partial charge in [0.1, 0.15) is 0 Å². The molecule has 0 bridgehead atoms. The second-order valence-corrected chi connectivity index (χ2v) is 6.84. The van der Waals surface area contributed by atoms with E-state index in [-0.39, 0.29) is 0 Å². The topological polar surface area (TPSA) is 9.23 Å². The van der Waals surface area contributed by atoms with Gasteiger partial charge in [0.15, 0.2) is 0 Å². The Balaban J connectivity index is 1.69. The Morgan fingerprint density at radius 1 is 1.05 bits per heavy atom. The van der Waals surface area contributed by atoms with E-state index >= 15 is 0 Å². The fourth-order valence-electron chi connectivity index (χ4n) is 3.42. The van der Waals surface area contributed by atoms with Crippen LogP contribution in [0, 0.1) is 5.92 Å². The Labute approximate surface area is 131 Å². The maximum Gasteiger partial charge on any atom is 0.358 e. The van der Waals surface area contributed by atoms with Crippen LogP contribution in [0.15, 0.2) is 35.9 Å². The minimum Gasteiger partial charge on any atom is -0.312 e. The van der Waals surface area contributed by atoms with Gasteiger partial charge in [-0.3, -0.25) is 0 Å². The van der Waals surface area contributed by atoms with Crippen molar-refractivity contribution >= 4 is 0 Å². The van der Waals surface area contributed by atoms with Crippen LogP contribution >= 0.6 is 0 Å². The fourth-order valence-corrected chi connectivity index (χ4v) is 3.42. The van der Waals surface area contributed by atoms with Crippen molar-refractivity contribution < 1.29 is 13.5 Å². The summed E-state index contributed by atoms with van der Waals surface area (Å²) in [5.41, 5.74) is 3.65. The summed E-state index contributed by atoms with van der Waals surface area (Å²) in [6.45, 7) is 3.73. The Bertz CT molecular complexity index is 547. The van der Waals surface area contributed by atoms with Crippen LogP contribution < -0.4 is 0 Å².